The van der Waals surface area contributed by atoms with Crippen LogP contribution in [0.1, 0.15) is 40.0 Å². The number of carbonyl (C=O) groups excluding carboxylic acids is 3. The first-order valence-corrected chi connectivity index (χ1v) is 9.09. The molecule has 170 valence electrons. The van der Waals surface area contributed by atoms with Crippen molar-refractivity contribution in [1.29, 1.82) is 0 Å². The van der Waals surface area contributed by atoms with E-state index in [0.29, 0.717) is 0 Å². The molecule has 0 spiro atoms. The molecule has 0 saturated heterocycles. The molecule has 13 nitrogen and oxygen atoms in total. The number of nitrogens with two attached hydrogens (primary N) is 1. The molecule has 0 aromatic carbocycles. The summed E-state index contributed by atoms with van der Waals surface area (Å²) in [6, 6.07) is -5.39. The number of amides is 3. The molecule has 0 aromatic rings. The van der Waals surface area contributed by atoms with Crippen LogP contribution in [0, 0.1) is 5.92 Å². The summed E-state index contributed by atoms with van der Waals surface area (Å²) in [6.45, 7) is 4.46. The summed E-state index contributed by atoms with van der Waals surface area (Å²) in [4.78, 5) is 69.6. The molecule has 0 heterocycles. The van der Waals surface area contributed by atoms with E-state index < -0.39 is 72.6 Å². The number of carbonyl (C=O) groups is 6. The number of rotatable bonds is 13. The Kier molecular flexibility index (Phi) is 11.0. The van der Waals surface area contributed by atoms with Gasteiger partial charge in [-0.05, 0) is 19.3 Å². The van der Waals surface area contributed by atoms with Crippen LogP contribution in [-0.2, 0) is 28.8 Å². The fourth-order valence-electron chi connectivity index (χ4n) is 2.14. The molecule has 0 aromatic heterocycles. The Hall–Kier alpha value is -3.22. The Bertz CT molecular complexity index is 680. The predicted molar refractivity (Wildman–Crippen MR) is 101 cm³/mol. The maximum atomic E-state index is 12.6. The monoisotopic (exact) mass is 432 g/mol. The number of carboxylic acid groups (broad SMARTS) is 3. The van der Waals surface area contributed by atoms with Gasteiger partial charge in [0.25, 0.3) is 0 Å². The largest absolute Gasteiger partial charge is 0.481 e. The van der Waals surface area contributed by atoms with Gasteiger partial charge in [0.05, 0.1) is 12.5 Å². The van der Waals surface area contributed by atoms with Crippen LogP contribution in [-0.4, -0.2) is 75.1 Å². The lowest BCUT2D eigenvalue weighted by atomic mass is 10.0. The highest BCUT2D eigenvalue weighted by Gasteiger charge is 2.31. The van der Waals surface area contributed by atoms with Crippen molar-refractivity contribution >= 4 is 35.6 Å². The molecule has 0 radical (unpaired) electrons. The smallest absolute Gasteiger partial charge is 0.325 e. The Labute approximate surface area is 172 Å². The number of carboxylic acids is 3. The zero-order valence-electron chi connectivity index (χ0n) is 16.9. The minimum absolute atomic E-state index is 0.281. The highest BCUT2D eigenvalue weighted by atomic mass is 16.4. The molecule has 8 N–H and O–H groups in total. The fourth-order valence-corrected chi connectivity index (χ4v) is 2.14. The molecule has 3 amide bonds. The van der Waals surface area contributed by atoms with Crippen molar-refractivity contribution in [3.8, 4) is 0 Å². The maximum absolute atomic E-state index is 12.6. The van der Waals surface area contributed by atoms with Crippen LogP contribution in [0.15, 0.2) is 0 Å². The van der Waals surface area contributed by atoms with Gasteiger partial charge in [0.15, 0.2) is 0 Å². The van der Waals surface area contributed by atoms with E-state index in [1.165, 1.54) is 0 Å². The first kappa shape index (κ1) is 26.8. The molecular formula is C17H28N4O9. The van der Waals surface area contributed by atoms with Crippen LogP contribution < -0.4 is 21.7 Å². The fraction of sp³-hybridized carbons (Fsp3) is 0.647. The molecule has 0 rings (SSSR count). The predicted octanol–water partition coefficient (Wildman–Crippen LogP) is -2.13. The lowest BCUT2D eigenvalue weighted by Crippen LogP contribution is -2.57. The first-order valence-electron chi connectivity index (χ1n) is 9.09. The molecule has 0 bridgehead atoms. The van der Waals surface area contributed by atoms with Crippen molar-refractivity contribution in [2.24, 2.45) is 11.7 Å². The van der Waals surface area contributed by atoms with Crippen molar-refractivity contribution in [3.05, 3.63) is 0 Å². The molecule has 13 heteroatoms. The lowest BCUT2D eigenvalue weighted by molar-refractivity contribution is -0.143. The van der Waals surface area contributed by atoms with Crippen LogP contribution in [0.3, 0.4) is 0 Å². The van der Waals surface area contributed by atoms with E-state index in [2.05, 4.69) is 10.6 Å². The van der Waals surface area contributed by atoms with E-state index in [1.54, 1.807) is 13.8 Å². The van der Waals surface area contributed by atoms with Crippen molar-refractivity contribution < 1.29 is 44.1 Å². The van der Waals surface area contributed by atoms with Crippen LogP contribution >= 0.6 is 0 Å². The number of hydrogen-bond acceptors (Lipinski definition) is 7. The van der Waals surface area contributed by atoms with Gasteiger partial charge in [0, 0.05) is 6.42 Å². The molecule has 0 aliphatic carbocycles. The molecule has 0 fully saturated rings. The Morgan fingerprint density at radius 1 is 0.767 bits per heavy atom. The van der Waals surface area contributed by atoms with Gasteiger partial charge < -0.3 is 37.0 Å². The quantitative estimate of drug-likeness (QED) is 0.167. The van der Waals surface area contributed by atoms with Crippen molar-refractivity contribution in [1.82, 2.24) is 16.0 Å². The minimum atomic E-state index is -1.65. The topological polar surface area (TPSA) is 225 Å². The van der Waals surface area contributed by atoms with Gasteiger partial charge in [-0.25, -0.2) is 0 Å². The number of nitrogens with one attached hydrogen (secondary N) is 3. The van der Waals surface area contributed by atoms with E-state index in [4.69, 9.17) is 21.1 Å². The minimum Gasteiger partial charge on any atom is -0.481 e. The summed E-state index contributed by atoms with van der Waals surface area (Å²) < 4.78 is 0. The van der Waals surface area contributed by atoms with Crippen LogP contribution in [0.5, 0.6) is 0 Å². The normalized spacial score (nSPS) is 14.7. The maximum Gasteiger partial charge on any atom is 0.325 e. The SMILES string of the molecule is CC(NC(=O)C(CC(=O)O)NC(=O)C(CCC(=O)O)NC(=O)C(N)C(C)C)C(=O)O. The van der Waals surface area contributed by atoms with Crippen molar-refractivity contribution in [2.75, 3.05) is 0 Å². The summed E-state index contributed by atoms with van der Waals surface area (Å²) >= 11 is 0. The van der Waals surface area contributed by atoms with Gasteiger partial charge >= 0.3 is 17.9 Å². The summed E-state index contributed by atoms with van der Waals surface area (Å²) in [6.07, 6.45) is -1.71. The Morgan fingerprint density at radius 3 is 1.70 bits per heavy atom. The second-order valence-corrected chi connectivity index (χ2v) is 6.99. The second kappa shape index (κ2) is 12.4. The second-order valence-electron chi connectivity index (χ2n) is 6.99. The van der Waals surface area contributed by atoms with E-state index >= 15 is 0 Å². The summed E-state index contributed by atoms with van der Waals surface area (Å²) in [7, 11) is 0. The van der Waals surface area contributed by atoms with E-state index in [9.17, 15) is 28.8 Å². The molecule has 30 heavy (non-hydrogen) atoms. The summed E-state index contributed by atoms with van der Waals surface area (Å²) in [5, 5.41) is 33.1. The third-order valence-electron chi connectivity index (χ3n) is 4.04. The highest BCUT2D eigenvalue weighted by Crippen LogP contribution is 2.04. The Morgan fingerprint density at radius 2 is 1.27 bits per heavy atom. The Balaban J connectivity index is 5.44. The number of aliphatic carboxylic acids is 3. The van der Waals surface area contributed by atoms with Gasteiger partial charge in [-0.3, -0.25) is 28.8 Å². The third-order valence-corrected chi connectivity index (χ3v) is 4.04. The van der Waals surface area contributed by atoms with Crippen LogP contribution in [0.25, 0.3) is 0 Å². The molecule has 4 unspecified atom stereocenters. The van der Waals surface area contributed by atoms with Gasteiger partial charge in [0.2, 0.25) is 17.7 Å². The third kappa shape index (κ3) is 9.82. The summed E-state index contributed by atoms with van der Waals surface area (Å²) in [5.41, 5.74) is 5.71. The van der Waals surface area contributed by atoms with Crippen LogP contribution in [0.2, 0.25) is 0 Å². The van der Waals surface area contributed by atoms with E-state index in [0.717, 1.165) is 6.92 Å². The zero-order chi connectivity index (χ0) is 23.6. The van der Waals surface area contributed by atoms with Crippen molar-refractivity contribution in [3.63, 3.8) is 0 Å². The number of hydrogen-bond donors (Lipinski definition) is 7. The summed E-state index contributed by atoms with van der Waals surface area (Å²) in [5.74, 6) is -7.16. The van der Waals surface area contributed by atoms with Gasteiger partial charge in [-0.1, -0.05) is 13.8 Å². The van der Waals surface area contributed by atoms with Crippen molar-refractivity contribution in [2.45, 2.75) is 64.2 Å². The van der Waals surface area contributed by atoms with Gasteiger partial charge in [0.1, 0.15) is 18.1 Å². The van der Waals surface area contributed by atoms with Crippen LogP contribution in [0.4, 0.5) is 0 Å². The van der Waals surface area contributed by atoms with E-state index in [1.807, 2.05) is 5.32 Å². The molecular weight excluding hydrogens is 404 g/mol. The standard InChI is InChI=1S/C17H28N4O9/c1-7(2)13(18)16(28)20-9(4-5-11(22)23)14(26)21-10(6-12(24)25)15(27)19-8(3)17(29)30/h7-10,13H,4-6,18H2,1-3H3,(H,19,27)(H,20,28)(H,21,26)(H,22,23)(H,24,25)(H,29,30). The highest BCUT2D eigenvalue weighted by molar-refractivity contribution is 5.95. The molecule has 0 aliphatic heterocycles. The van der Waals surface area contributed by atoms with Gasteiger partial charge in [-0.15, -0.1) is 0 Å². The molecule has 0 aliphatic rings. The molecule has 4 atom stereocenters. The van der Waals surface area contributed by atoms with Gasteiger partial charge in [-0.2, -0.15) is 0 Å². The van der Waals surface area contributed by atoms with E-state index in [-0.39, 0.29) is 12.3 Å². The zero-order valence-corrected chi connectivity index (χ0v) is 16.9. The average molecular weight is 432 g/mol. The lowest BCUT2D eigenvalue weighted by Gasteiger charge is -2.24. The first-order chi connectivity index (χ1) is 13.8. The molecule has 0 saturated carbocycles. The average Bonchev–Trinajstić information content (AvgIpc) is 2.62.